The van der Waals surface area contributed by atoms with Gasteiger partial charge in [0.2, 0.25) is 5.91 Å². The number of carbonyl (C=O) groups is 2. The third kappa shape index (κ3) is 5.69. The van der Waals surface area contributed by atoms with E-state index in [-0.39, 0.29) is 12.5 Å². The van der Waals surface area contributed by atoms with E-state index in [0.717, 1.165) is 18.4 Å². The van der Waals surface area contributed by atoms with Gasteiger partial charge in [0.25, 0.3) is 0 Å². The molecule has 0 unspecified atom stereocenters. The van der Waals surface area contributed by atoms with Gasteiger partial charge < -0.3 is 15.4 Å². The smallest absolute Gasteiger partial charge is 0.381 e. The fourth-order valence-electron chi connectivity index (χ4n) is 2.13. The van der Waals surface area contributed by atoms with Crippen molar-refractivity contribution < 1.29 is 27.5 Å². The molecule has 0 aliphatic carbocycles. The van der Waals surface area contributed by atoms with Crippen molar-refractivity contribution in [3.05, 3.63) is 41.5 Å². The Labute approximate surface area is 136 Å². The lowest BCUT2D eigenvalue weighted by Crippen LogP contribution is -2.36. The van der Waals surface area contributed by atoms with E-state index in [1.54, 1.807) is 23.5 Å². The maximum atomic E-state index is 12.1. The van der Waals surface area contributed by atoms with Gasteiger partial charge in [0.15, 0.2) is 0 Å². The van der Waals surface area contributed by atoms with Crippen LogP contribution in [0.4, 0.5) is 18.9 Å². The first-order chi connectivity index (χ1) is 11.3. The number of hydrogen-bond acceptors (Lipinski definition) is 3. The van der Waals surface area contributed by atoms with Gasteiger partial charge in [-0.1, -0.05) is 17.7 Å². The van der Waals surface area contributed by atoms with Crippen LogP contribution in [0.5, 0.6) is 0 Å². The van der Waals surface area contributed by atoms with Crippen molar-refractivity contribution in [1.29, 1.82) is 0 Å². The number of hydrogen-bond donors (Lipinski definition) is 2. The molecule has 2 N–H and O–H groups in total. The minimum atomic E-state index is -4.90. The van der Waals surface area contributed by atoms with Crippen LogP contribution in [0.25, 0.3) is 0 Å². The molecule has 0 radical (unpaired) electrons. The third-order valence-corrected chi connectivity index (χ3v) is 3.40. The van der Waals surface area contributed by atoms with Gasteiger partial charge >= 0.3 is 12.1 Å². The van der Waals surface area contributed by atoms with E-state index in [1.165, 1.54) is 12.1 Å². The molecule has 130 valence electrons. The van der Waals surface area contributed by atoms with E-state index in [9.17, 15) is 22.8 Å². The maximum absolute atomic E-state index is 12.1. The summed E-state index contributed by atoms with van der Waals surface area (Å²) >= 11 is 0. The molecule has 1 heterocycles. The van der Waals surface area contributed by atoms with Crippen LogP contribution in [0, 0.1) is 0 Å². The highest BCUT2D eigenvalue weighted by molar-refractivity contribution is 5.99. The second-order valence-electron chi connectivity index (χ2n) is 5.28. The Morgan fingerprint density at radius 3 is 2.33 bits per heavy atom. The number of carbonyl (C=O) groups excluding carboxylic acids is 2. The van der Waals surface area contributed by atoms with Gasteiger partial charge in [-0.2, -0.15) is 13.2 Å². The van der Waals surface area contributed by atoms with Crippen molar-refractivity contribution in [3.63, 3.8) is 0 Å². The van der Waals surface area contributed by atoms with E-state index in [2.05, 4.69) is 5.32 Å². The zero-order valence-corrected chi connectivity index (χ0v) is 12.8. The van der Waals surface area contributed by atoms with Gasteiger partial charge in [-0.25, -0.2) is 0 Å². The van der Waals surface area contributed by atoms with Gasteiger partial charge in [-0.05, 0) is 30.5 Å². The number of rotatable bonds is 4. The third-order valence-electron chi connectivity index (χ3n) is 3.40. The molecule has 5 nitrogen and oxygen atoms in total. The van der Waals surface area contributed by atoms with Gasteiger partial charge in [-0.3, -0.25) is 9.59 Å². The first kappa shape index (κ1) is 18.0. The molecular weight excluding hydrogens is 325 g/mol. The van der Waals surface area contributed by atoms with Gasteiger partial charge in [0.1, 0.15) is 0 Å². The van der Waals surface area contributed by atoms with Crippen molar-refractivity contribution in [2.75, 3.05) is 18.5 Å². The summed E-state index contributed by atoms with van der Waals surface area (Å²) < 4.78 is 41.4. The highest BCUT2D eigenvalue weighted by Gasteiger charge is 2.38. The lowest BCUT2D eigenvalue weighted by molar-refractivity contribution is -0.173. The van der Waals surface area contributed by atoms with E-state index >= 15 is 0 Å². The van der Waals surface area contributed by atoms with Crippen LogP contribution in [-0.4, -0.2) is 31.2 Å². The summed E-state index contributed by atoms with van der Waals surface area (Å²) in [5, 5.41) is 4.46. The zero-order valence-electron chi connectivity index (χ0n) is 12.8. The summed E-state index contributed by atoms with van der Waals surface area (Å²) in [6.45, 7) is 0.978. The Hall–Kier alpha value is -2.35. The molecule has 2 rings (SSSR count). The Kier molecular flexibility index (Phi) is 5.97. The highest BCUT2D eigenvalue weighted by Crippen LogP contribution is 2.16. The van der Waals surface area contributed by atoms with Gasteiger partial charge in [0.05, 0.1) is 13.2 Å². The number of nitrogens with one attached hydrogen (secondary N) is 2. The minimum absolute atomic E-state index is 0.239. The fraction of sp³-hybridized carbons (Fsp3) is 0.375. The summed E-state index contributed by atoms with van der Waals surface area (Å²) in [5.74, 6) is -2.24. The lowest BCUT2D eigenvalue weighted by Gasteiger charge is -2.14. The number of ether oxygens (including phenoxy) is 1. The lowest BCUT2D eigenvalue weighted by atomic mass is 10.1. The Morgan fingerprint density at radius 1 is 1.12 bits per heavy atom. The summed E-state index contributed by atoms with van der Waals surface area (Å²) in [7, 11) is 0. The van der Waals surface area contributed by atoms with Gasteiger partial charge in [0, 0.05) is 18.3 Å². The Balaban J connectivity index is 1.85. The summed E-state index contributed by atoms with van der Waals surface area (Å²) in [6.07, 6.45) is -1.90. The fourth-order valence-corrected chi connectivity index (χ4v) is 2.13. The second kappa shape index (κ2) is 7.96. The molecule has 1 aliphatic heterocycles. The molecular formula is C16H17F3N2O3. The first-order valence-corrected chi connectivity index (χ1v) is 7.37. The SMILES string of the molecule is O=C(C=C1CCOCC1)Nc1ccc(CNC(=O)C(F)(F)F)cc1. The van der Waals surface area contributed by atoms with Crippen molar-refractivity contribution in [2.45, 2.75) is 25.6 Å². The van der Waals surface area contributed by atoms with Crippen LogP contribution >= 0.6 is 0 Å². The topological polar surface area (TPSA) is 67.4 Å². The first-order valence-electron chi connectivity index (χ1n) is 7.37. The molecule has 0 atom stereocenters. The molecule has 1 aliphatic rings. The molecule has 0 spiro atoms. The van der Waals surface area contributed by atoms with Crippen molar-refractivity contribution in [3.8, 4) is 0 Å². The van der Waals surface area contributed by atoms with Crippen molar-refractivity contribution >= 4 is 17.5 Å². The molecule has 24 heavy (non-hydrogen) atoms. The largest absolute Gasteiger partial charge is 0.471 e. The predicted molar refractivity (Wildman–Crippen MR) is 81.1 cm³/mol. The molecule has 0 bridgehead atoms. The van der Waals surface area contributed by atoms with Crippen LogP contribution in [0.3, 0.4) is 0 Å². The zero-order chi connectivity index (χ0) is 17.6. The molecule has 0 aromatic heterocycles. The van der Waals surface area contributed by atoms with Crippen LogP contribution in [0.15, 0.2) is 35.9 Å². The molecule has 0 saturated carbocycles. The van der Waals surface area contributed by atoms with Crippen LogP contribution in [0.2, 0.25) is 0 Å². The molecule has 1 fully saturated rings. The monoisotopic (exact) mass is 342 g/mol. The average molecular weight is 342 g/mol. The number of amides is 2. The van der Waals surface area contributed by atoms with E-state index < -0.39 is 12.1 Å². The van der Waals surface area contributed by atoms with Crippen LogP contribution < -0.4 is 10.6 Å². The predicted octanol–water partition coefficient (Wildman–Crippen LogP) is 2.54. The number of alkyl halides is 3. The molecule has 1 aromatic carbocycles. The summed E-state index contributed by atoms with van der Waals surface area (Å²) in [6, 6.07) is 6.20. The van der Waals surface area contributed by atoms with E-state index in [1.807, 2.05) is 0 Å². The van der Waals surface area contributed by atoms with Crippen LogP contribution in [-0.2, 0) is 20.9 Å². The molecule has 2 amide bonds. The number of halogens is 3. The molecule has 8 heteroatoms. The number of benzene rings is 1. The Bertz CT molecular complexity index is 616. The second-order valence-corrected chi connectivity index (χ2v) is 5.28. The average Bonchev–Trinajstić information content (AvgIpc) is 2.54. The van der Waals surface area contributed by atoms with Crippen molar-refractivity contribution in [1.82, 2.24) is 5.32 Å². The molecule has 1 aromatic rings. The van der Waals surface area contributed by atoms with Gasteiger partial charge in [-0.15, -0.1) is 0 Å². The quantitative estimate of drug-likeness (QED) is 0.827. The summed E-state index contributed by atoms with van der Waals surface area (Å²) in [4.78, 5) is 22.6. The summed E-state index contributed by atoms with van der Waals surface area (Å²) in [5.41, 5.74) is 2.04. The highest BCUT2D eigenvalue weighted by atomic mass is 19.4. The van der Waals surface area contributed by atoms with Crippen molar-refractivity contribution in [2.24, 2.45) is 0 Å². The molecule has 1 saturated heterocycles. The minimum Gasteiger partial charge on any atom is -0.381 e. The van der Waals surface area contributed by atoms with Crippen LogP contribution in [0.1, 0.15) is 18.4 Å². The normalized spacial score (nSPS) is 14.9. The van der Waals surface area contributed by atoms with E-state index in [4.69, 9.17) is 4.74 Å². The van der Waals surface area contributed by atoms with E-state index in [0.29, 0.717) is 24.5 Å². The Morgan fingerprint density at radius 2 is 1.75 bits per heavy atom. The number of anilines is 1. The standard InChI is InChI=1S/C16H17F3N2O3/c17-16(18,19)15(23)20-10-12-1-3-13(4-2-12)21-14(22)9-11-5-7-24-8-6-11/h1-4,9H,5-8,10H2,(H,20,23)(H,21,22). The maximum Gasteiger partial charge on any atom is 0.471 e.